The Balaban J connectivity index is 2.52. The second kappa shape index (κ2) is 11.3. The molecule has 0 aliphatic heterocycles. The summed E-state index contributed by atoms with van der Waals surface area (Å²) in [4.78, 5) is 0. The summed E-state index contributed by atoms with van der Waals surface area (Å²) in [5.41, 5.74) is 10.3. The van der Waals surface area contributed by atoms with Crippen molar-refractivity contribution in [3.05, 3.63) is 59.2 Å². The van der Waals surface area contributed by atoms with Crippen LogP contribution in [-0.4, -0.2) is 6.54 Å². The minimum atomic E-state index is 0.515. The van der Waals surface area contributed by atoms with Crippen molar-refractivity contribution in [2.75, 3.05) is 6.54 Å². The standard InChI is InChI=1S/C21H33N/c1-4-6-11-20(9-5-2)21(17-22)12-8-7-10-19-15-13-18(3)14-16-19/h7-9,13-16,21H,4-6,10-12,17,22H2,1-3H3/b8-7-,20-9-. The topological polar surface area (TPSA) is 26.0 Å². The molecule has 0 amide bonds. The third-order valence-corrected chi connectivity index (χ3v) is 4.16. The van der Waals surface area contributed by atoms with Gasteiger partial charge in [-0.05, 0) is 57.1 Å². The summed E-state index contributed by atoms with van der Waals surface area (Å²) in [5.74, 6) is 0.515. The van der Waals surface area contributed by atoms with Crippen molar-refractivity contribution in [3.8, 4) is 0 Å². The maximum Gasteiger partial charge on any atom is -0.000851 e. The molecule has 1 unspecified atom stereocenters. The van der Waals surface area contributed by atoms with Crippen LogP contribution in [0.1, 0.15) is 57.1 Å². The van der Waals surface area contributed by atoms with Gasteiger partial charge >= 0.3 is 0 Å². The second-order valence-electron chi connectivity index (χ2n) is 6.12. The molecule has 0 saturated heterocycles. The van der Waals surface area contributed by atoms with Gasteiger partial charge < -0.3 is 5.73 Å². The van der Waals surface area contributed by atoms with Crippen molar-refractivity contribution >= 4 is 0 Å². The van der Waals surface area contributed by atoms with Gasteiger partial charge in [0.25, 0.3) is 0 Å². The fourth-order valence-corrected chi connectivity index (χ4v) is 2.72. The number of hydrogen-bond acceptors (Lipinski definition) is 1. The SMILES string of the molecule is CC/C=C(/CCCC)C(CN)C/C=C\Cc1ccc(C)cc1. The van der Waals surface area contributed by atoms with E-state index in [1.807, 2.05) is 0 Å². The normalized spacial score (nSPS) is 13.7. The fraction of sp³-hybridized carbons (Fsp3) is 0.524. The molecule has 0 aliphatic rings. The predicted octanol–water partition coefficient (Wildman–Crippen LogP) is 5.59. The Morgan fingerprint density at radius 1 is 1.14 bits per heavy atom. The molecule has 0 bridgehead atoms. The lowest BCUT2D eigenvalue weighted by Crippen LogP contribution is -2.16. The zero-order chi connectivity index (χ0) is 16.2. The van der Waals surface area contributed by atoms with E-state index >= 15 is 0 Å². The molecule has 0 radical (unpaired) electrons. The highest BCUT2D eigenvalue weighted by atomic mass is 14.5. The third kappa shape index (κ3) is 7.09. The van der Waals surface area contributed by atoms with Crippen LogP contribution in [0.25, 0.3) is 0 Å². The van der Waals surface area contributed by atoms with Crippen LogP contribution in [0, 0.1) is 12.8 Å². The Bertz CT molecular complexity index is 453. The largest absolute Gasteiger partial charge is 0.330 e. The van der Waals surface area contributed by atoms with Crippen LogP contribution in [-0.2, 0) is 6.42 Å². The molecule has 22 heavy (non-hydrogen) atoms. The minimum Gasteiger partial charge on any atom is -0.330 e. The highest BCUT2D eigenvalue weighted by Crippen LogP contribution is 2.21. The molecule has 0 heterocycles. The van der Waals surface area contributed by atoms with Crippen LogP contribution in [0.15, 0.2) is 48.1 Å². The summed E-state index contributed by atoms with van der Waals surface area (Å²) in [6, 6.07) is 8.78. The van der Waals surface area contributed by atoms with Crippen molar-refractivity contribution in [3.63, 3.8) is 0 Å². The van der Waals surface area contributed by atoms with Crippen molar-refractivity contribution < 1.29 is 0 Å². The molecule has 1 heteroatoms. The zero-order valence-electron chi connectivity index (χ0n) is 14.6. The van der Waals surface area contributed by atoms with Crippen molar-refractivity contribution in [2.24, 2.45) is 11.7 Å². The summed E-state index contributed by atoms with van der Waals surface area (Å²) in [7, 11) is 0. The minimum absolute atomic E-state index is 0.515. The Hall–Kier alpha value is -1.34. The van der Waals surface area contributed by atoms with Gasteiger partial charge in [-0.2, -0.15) is 0 Å². The molecular weight excluding hydrogens is 266 g/mol. The molecule has 1 nitrogen and oxygen atoms in total. The Morgan fingerprint density at radius 3 is 2.45 bits per heavy atom. The Kier molecular flexibility index (Phi) is 9.57. The smallest absolute Gasteiger partial charge is 0.000851 e. The quantitative estimate of drug-likeness (QED) is 0.560. The van der Waals surface area contributed by atoms with Crippen LogP contribution in [0.4, 0.5) is 0 Å². The summed E-state index contributed by atoms with van der Waals surface area (Å²) in [6.07, 6.45) is 13.9. The van der Waals surface area contributed by atoms with Gasteiger partial charge in [0.05, 0.1) is 0 Å². The lowest BCUT2D eigenvalue weighted by atomic mass is 9.90. The summed E-state index contributed by atoms with van der Waals surface area (Å²) < 4.78 is 0. The van der Waals surface area contributed by atoms with E-state index in [0.29, 0.717) is 5.92 Å². The van der Waals surface area contributed by atoms with E-state index in [2.05, 4.69) is 63.3 Å². The van der Waals surface area contributed by atoms with Gasteiger partial charge in [-0.25, -0.2) is 0 Å². The average Bonchev–Trinajstić information content (AvgIpc) is 2.53. The van der Waals surface area contributed by atoms with E-state index in [4.69, 9.17) is 5.73 Å². The highest BCUT2D eigenvalue weighted by Gasteiger charge is 2.10. The van der Waals surface area contributed by atoms with E-state index in [0.717, 1.165) is 25.8 Å². The fourth-order valence-electron chi connectivity index (χ4n) is 2.72. The molecule has 1 aromatic carbocycles. The Labute approximate surface area is 137 Å². The number of hydrogen-bond donors (Lipinski definition) is 1. The van der Waals surface area contributed by atoms with Gasteiger partial charge in [0, 0.05) is 0 Å². The Morgan fingerprint density at radius 2 is 1.86 bits per heavy atom. The molecule has 1 atom stereocenters. The van der Waals surface area contributed by atoms with Crippen molar-refractivity contribution in [1.29, 1.82) is 0 Å². The summed E-state index contributed by atoms with van der Waals surface area (Å²) in [6.45, 7) is 7.35. The molecule has 1 rings (SSSR count). The van der Waals surface area contributed by atoms with Crippen LogP contribution < -0.4 is 5.73 Å². The molecule has 0 spiro atoms. The van der Waals surface area contributed by atoms with E-state index in [1.54, 1.807) is 5.57 Å². The first-order valence-corrected chi connectivity index (χ1v) is 8.80. The predicted molar refractivity (Wildman–Crippen MR) is 99.1 cm³/mol. The molecule has 122 valence electrons. The second-order valence-corrected chi connectivity index (χ2v) is 6.12. The van der Waals surface area contributed by atoms with E-state index < -0.39 is 0 Å². The number of aryl methyl sites for hydroxylation is 1. The van der Waals surface area contributed by atoms with Gasteiger partial charge in [-0.15, -0.1) is 0 Å². The highest BCUT2D eigenvalue weighted by molar-refractivity contribution is 5.23. The van der Waals surface area contributed by atoms with E-state index in [-0.39, 0.29) is 0 Å². The van der Waals surface area contributed by atoms with Gasteiger partial charge in [-0.3, -0.25) is 0 Å². The van der Waals surface area contributed by atoms with E-state index in [1.165, 1.54) is 30.4 Å². The van der Waals surface area contributed by atoms with Crippen LogP contribution in [0.5, 0.6) is 0 Å². The van der Waals surface area contributed by atoms with Crippen LogP contribution >= 0.6 is 0 Å². The summed E-state index contributed by atoms with van der Waals surface area (Å²) >= 11 is 0. The lowest BCUT2D eigenvalue weighted by molar-refractivity contribution is 0.588. The van der Waals surface area contributed by atoms with Crippen LogP contribution in [0.2, 0.25) is 0 Å². The molecule has 2 N–H and O–H groups in total. The lowest BCUT2D eigenvalue weighted by Gasteiger charge is -2.17. The van der Waals surface area contributed by atoms with Crippen LogP contribution in [0.3, 0.4) is 0 Å². The molecule has 0 fully saturated rings. The molecule has 0 aliphatic carbocycles. The molecule has 0 aromatic heterocycles. The number of nitrogens with two attached hydrogens (primary N) is 1. The number of unbranched alkanes of at least 4 members (excludes halogenated alkanes) is 1. The molecule has 1 aromatic rings. The monoisotopic (exact) mass is 299 g/mol. The van der Waals surface area contributed by atoms with Crippen molar-refractivity contribution in [1.82, 2.24) is 0 Å². The summed E-state index contributed by atoms with van der Waals surface area (Å²) in [5, 5.41) is 0. The van der Waals surface area contributed by atoms with Gasteiger partial charge in [0.1, 0.15) is 0 Å². The number of benzene rings is 1. The first-order chi connectivity index (χ1) is 10.7. The van der Waals surface area contributed by atoms with E-state index in [9.17, 15) is 0 Å². The zero-order valence-corrected chi connectivity index (χ0v) is 14.6. The first kappa shape index (κ1) is 18.7. The van der Waals surface area contributed by atoms with Gasteiger partial charge in [0.15, 0.2) is 0 Å². The van der Waals surface area contributed by atoms with Gasteiger partial charge in [0.2, 0.25) is 0 Å². The first-order valence-electron chi connectivity index (χ1n) is 8.80. The molecular formula is C21H33N. The maximum atomic E-state index is 6.01. The van der Waals surface area contributed by atoms with Gasteiger partial charge in [-0.1, -0.05) is 73.9 Å². The molecule has 0 saturated carbocycles. The number of allylic oxidation sites excluding steroid dienone is 3. The maximum absolute atomic E-state index is 6.01. The van der Waals surface area contributed by atoms with Crippen molar-refractivity contribution in [2.45, 2.75) is 59.3 Å². The average molecular weight is 300 g/mol. The third-order valence-electron chi connectivity index (χ3n) is 4.16. The number of rotatable bonds is 10.